The molecular weight excluding hydrogens is 592 g/mol. The fourth-order valence-electron chi connectivity index (χ4n) is 11.3. The van der Waals surface area contributed by atoms with Crippen LogP contribution in [0.1, 0.15) is 120 Å². The van der Waals surface area contributed by atoms with E-state index in [1.54, 1.807) is 6.92 Å². The second-order valence-electron chi connectivity index (χ2n) is 15.6. The monoisotopic (exact) mass is 642 g/mol. The first kappa shape index (κ1) is 28.9. The summed E-state index contributed by atoms with van der Waals surface area (Å²) in [5.74, 6) is 2.58. The van der Waals surface area contributed by atoms with E-state index in [0.29, 0.717) is 15.6 Å². The van der Waals surface area contributed by atoms with Crippen LogP contribution in [0.25, 0.3) is 0 Å². The highest BCUT2D eigenvalue weighted by molar-refractivity contribution is 9.10. The van der Waals surface area contributed by atoms with Crippen molar-refractivity contribution < 1.29 is 14.3 Å². The molecule has 5 rings (SSSR count). The van der Waals surface area contributed by atoms with E-state index in [2.05, 4.69) is 87.2 Å². The van der Waals surface area contributed by atoms with Gasteiger partial charge in [0.25, 0.3) is 0 Å². The van der Waals surface area contributed by atoms with E-state index < -0.39 is 0 Å². The summed E-state index contributed by atoms with van der Waals surface area (Å²) < 4.78 is 13.4. The van der Waals surface area contributed by atoms with Crippen molar-refractivity contribution in [2.45, 2.75) is 147 Å². The van der Waals surface area contributed by atoms with Gasteiger partial charge in [0.2, 0.25) is 0 Å². The first-order valence-corrected chi connectivity index (χ1v) is 17.0. The lowest BCUT2D eigenvalue weighted by atomic mass is 9.38. The Hall–Kier alpha value is 0.390. The molecule has 0 amide bonds. The molecule has 4 aliphatic carbocycles. The molecule has 0 aromatic carbocycles. The van der Waals surface area contributed by atoms with Crippen molar-refractivity contribution in [1.29, 1.82) is 0 Å². The lowest BCUT2D eigenvalue weighted by Crippen LogP contribution is -2.72. The second kappa shape index (κ2) is 8.94. The summed E-state index contributed by atoms with van der Waals surface area (Å²) in [6.45, 7) is 21.3. The number of halogens is 2. The zero-order valence-corrected chi connectivity index (χ0v) is 28.1. The zero-order chi connectivity index (χ0) is 27.4. The van der Waals surface area contributed by atoms with Gasteiger partial charge in [0.15, 0.2) is 0 Å². The number of esters is 1. The van der Waals surface area contributed by atoms with Gasteiger partial charge in [0.05, 0.1) is 0 Å². The highest BCUT2D eigenvalue weighted by Crippen LogP contribution is 2.87. The maximum Gasteiger partial charge on any atom is 0.302 e. The van der Waals surface area contributed by atoms with Crippen LogP contribution in [0.3, 0.4) is 0 Å². The van der Waals surface area contributed by atoms with Crippen LogP contribution >= 0.6 is 31.9 Å². The summed E-state index contributed by atoms with van der Waals surface area (Å²) in [6.07, 6.45) is 10.9. The van der Waals surface area contributed by atoms with Crippen molar-refractivity contribution in [3.63, 3.8) is 0 Å². The summed E-state index contributed by atoms with van der Waals surface area (Å²) in [6, 6.07) is 0. The lowest BCUT2D eigenvalue weighted by molar-refractivity contribution is -0.182. The first-order valence-electron chi connectivity index (χ1n) is 15.2. The SMILES string of the molecule is CC(=O)O[C@H]1CC[C@@]2(C)[C@@H](C[C@@H](Br)[C@@]34O[C@]32[C@H](Br)C[C@]2(C)[C@@H]([C@H](C)CCCC(C)C)CC[C@@]42C)C1(C)C. The Morgan fingerprint density at radius 2 is 1.62 bits per heavy atom. The number of epoxide rings is 1. The Bertz CT molecular complexity index is 935. The van der Waals surface area contributed by atoms with E-state index in [1.165, 1.54) is 38.5 Å². The molecule has 11 atom stereocenters. The summed E-state index contributed by atoms with van der Waals surface area (Å²) in [4.78, 5) is 12.6. The third kappa shape index (κ3) is 3.47. The van der Waals surface area contributed by atoms with Crippen molar-refractivity contribution in [2.24, 2.45) is 45.3 Å². The molecule has 212 valence electrons. The van der Waals surface area contributed by atoms with Crippen molar-refractivity contribution in [1.82, 2.24) is 0 Å². The molecule has 5 heteroatoms. The van der Waals surface area contributed by atoms with Gasteiger partial charge < -0.3 is 9.47 Å². The minimum Gasteiger partial charge on any atom is -0.462 e. The average Bonchev–Trinajstić information content (AvgIpc) is 3.46. The molecule has 0 radical (unpaired) electrons. The number of ether oxygens (including phenoxy) is 2. The van der Waals surface area contributed by atoms with Gasteiger partial charge in [-0.1, -0.05) is 107 Å². The van der Waals surface area contributed by atoms with Crippen LogP contribution in [0, 0.1) is 45.3 Å². The Kier molecular flexibility index (Phi) is 6.99. The third-order valence-corrected chi connectivity index (χ3v) is 15.3. The molecule has 0 bridgehead atoms. The van der Waals surface area contributed by atoms with Crippen molar-refractivity contribution in [3.8, 4) is 0 Å². The first-order chi connectivity index (χ1) is 17.0. The lowest BCUT2D eigenvalue weighted by Gasteiger charge is -2.66. The number of rotatable bonds is 6. The third-order valence-electron chi connectivity index (χ3n) is 13.3. The Balaban J connectivity index is 1.50. The van der Waals surface area contributed by atoms with Gasteiger partial charge in [-0.15, -0.1) is 0 Å². The Morgan fingerprint density at radius 1 is 0.946 bits per heavy atom. The summed E-state index contributed by atoms with van der Waals surface area (Å²) in [7, 11) is 0. The summed E-state index contributed by atoms with van der Waals surface area (Å²) >= 11 is 8.67. The predicted octanol–water partition coefficient (Wildman–Crippen LogP) is 9.09. The van der Waals surface area contributed by atoms with Crippen LogP contribution in [0.2, 0.25) is 0 Å². The van der Waals surface area contributed by atoms with E-state index in [4.69, 9.17) is 9.47 Å². The maximum absolute atomic E-state index is 12.0. The smallest absolute Gasteiger partial charge is 0.302 e. The number of fused-ring (bicyclic) bond motifs is 2. The van der Waals surface area contributed by atoms with Gasteiger partial charge in [-0.25, -0.2) is 0 Å². The van der Waals surface area contributed by atoms with Gasteiger partial charge in [0.1, 0.15) is 17.3 Å². The van der Waals surface area contributed by atoms with E-state index in [9.17, 15) is 4.79 Å². The molecule has 0 aromatic rings. The number of carbonyl (C=O) groups is 1. The van der Waals surface area contributed by atoms with Gasteiger partial charge >= 0.3 is 5.97 Å². The minimum absolute atomic E-state index is 0.0220. The molecule has 1 aliphatic heterocycles. The van der Waals surface area contributed by atoms with E-state index in [1.807, 2.05) is 0 Å². The van der Waals surface area contributed by atoms with E-state index in [0.717, 1.165) is 37.0 Å². The van der Waals surface area contributed by atoms with Crippen molar-refractivity contribution >= 4 is 37.8 Å². The fraction of sp³-hybridized carbons (Fsp3) is 0.969. The van der Waals surface area contributed by atoms with Crippen LogP contribution in [0.5, 0.6) is 0 Å². The largest absolute Gasteiger partial charge is 0.462 e. The van der Waals surface area contributed by atoms with E-state index >= 15 is 0 Å². The van der Waals surface area contributed by atoms with Crippen molar-refractivity contribution in [3.05, 3.63) is 0 Å². The van der Waals surface area contributed by atoms with Crippen LogP contribution < -0.4 is 0 Å². The quantitative estimate of drug-likeness (QED) is 0.165. The molecule has 4 saturated carbocycles. The maximum atomic E-state index is 12.0. The highest BCUT2D eigenvalue weighted by atomic mass is 79.9. The van der Waals surface area contributed by atoms with Crippen LogP contribution in [0.15, 0.2) is 0 Å². The van der Waals surface area contributed by atoms with Gasteiger partial charge in [-0.2, -0.15) is 0 Å². The van der Waals surface area contributed by atoms with Gasteiger partial charge in [-0.05, 0) is 67.6 Å². The zero-order valence-electron chi connectivity index (χ0n) is 24.9. The molecule has 0 spiro atoms. The average molecular weight is 645 g/mol. The number of hydrogen-bond acceptors (Lipinski definition) is 3. The summed E-state index contributed by atoms with van der Waals surface area (Å²) in [5, 5.41) is 0. The molecule has 0 unspecified atom stereocenters. The van der Waals surface area contributed by atoms with Crippen LogP contribution in [-0.4, -0.2) is 32.9 Å². The molecule has 1 heterocycles. The molecule has 0 aromatic heterocycles. The normalized spacial score (nSPS) is 52.5. The number of hydrogen-bond donors (Lipinski definition) is 0. The van der Waals surface area contributed by atoms with Crippen LogP contribution in [0.4, 0.5) is 0 Å². The Labute approximate surface area is 243 Å². The molecule has 3 nitrogen and oxygen atoms in total. The fourth-order valence-corrected chi connectivity index (χ4v) is 14.3. The molecule has 0 N–H and O–H groups in total. The highest BCUT2D eigenvalue weighted by Gasteiger charge is 2.94. The Morgan fingerprint density at radius 3 is 2.24 bits per heavy atom. The predicted molar refractivity (Wildman–Crippen MR) is 158 cm³/mol. The molecule has 37 heavy (non-hydrogen) atoms. The number of carbonyl (C=O) groups excluding carboxylic acids is 1. The molecular formula is C32H52Br2O3. The molecule has 5 aliphatic rings. The van der Waals surface area contributed by atoms with Crippen LogP contribution in [-0.2, 0) is 14.3 Å². The standard InChI is InChI=1S/C32H52Br2O3/c1-19(2)11-10-12-20(3)22-13-16-30(9)29(22,8)18-25(34)31-28(7)15-14-26(36-21(4)35)27(5,6)23(28)17-24(33)32(30,31)37-31/h19-20,22-26H,10-18H2,1-9H3/t20-,22-,23+,24-,25-,26+,28+,29-,30-,31+,32+/m1/s1. The molecule has 1 saturated heterocycles. The topological polar surface area (TPSA) is 38.8 Å². The molecule has 5 fully saturated rings. The minimum atomic E-state index is -0.167. The van der Waals surface area contributed by atoms with Gasteiger partial charge in [-0.3, -0.25) is 4.79 Å². The second-order valence-corrected chi connectivity index (χ2v) is 17.8. The summed E-state index contributed by atoms with van der Waals surface area (Å²) in [5.41, 5.74) is 0.0765. The number of alkyl halides is 2. The van der Waals surface area contributed by atoms with E-state index in [-0.39, 0.29) is 44.9 Å². The van der Waals surface area contributed by atoms with Crippen molar-refractivity contribution in [2.75, 3.05) is 0 Å². The van der Waals surface area contributed by atoms with Gasteiger partial charge in [0, 0.05) is 32.8 Å².